The molecule has 2 N–H and O–H groups in total. The van der Waals surface area contributed by atoms with Crippen molar-refractivity contribution in [2.45, 2.75) is 43.7 Å². The highest BCUT2D eigenvalue weighted by molar-refractivity contribution is 5.92. The van der Waals surface area contributed by atoms with Gasteiger partial charge in [-0.05, 0) is 19.1 Å². The number of rotatable bonds is 3. The Hall–Kier alpha value is -2.54. The van der Waals surface area contributed by atoms with E-state index in [1.165, 1.54) is 0 Å². The van der Waals surface area contributed by atoms with Gasteiger partial charge in [0.1, 0.15) is 0 Å². The number of nitrogens with one attached hydrogen (secondary N) is 2. The van der Waals surface area contributed by atoms with Crippen molar-refractivity contribution in [2.24, 2.45) is 0 Å². The number of hydrogen-bond donors (Lipinski definition) is 2. The summed E-state index contributed by atoms with van der Waals surface area (Å²) >= 11 is 0. The Morgan fingerprint density at radius 1 is 0.964 bits per heavy atom. The number of urea groups is 1. The fraction of sp³-hybridized carbons (Fsp3) is 0.500. The Bertz CT molecular complexity index is 760. The SMILES string of the molecule is CC(F)(F)C(C)(NC(=O)Nc1cccc2c1OC(F)(F)C(F)(F)O2)C(F)(F)F. The molecular formula is C14H11F9N2O3. The first-order valence-corrected chi connectivity index (χ1v) is 7.22. The van der Waals surface area contributed by atoms with Crippen LogP contribution in [0.25, 0.3) is 0 Å². The summed E-state index contributed by atoms with van der Waals surface area (Å²) in [7, 11) is 0. The van der Waals surface area contributed by atoms with E-state index in [1.54, 1.807) is 5.32 Å². The summed E-state index contributed by atoms with van der Waals surface area (Å²) in [4.78, 5) is 11.8. The Morgan fingerprint density at radius 2 is 1.50 bits per heavy atom. The maximum Gasteiger partial charge on any atom is 0.507 e. The topological polar surface area (TPSA) is 59.6 Å². The largest absolute Gasteiger partial charge is 0.507 e. The third kappa shape index (κ3) is 3.58. The van der Waals surface area contributed by atoms with Crippen LogP contribution in [0.1, 0.15) is 13.8 Å². The fourth-order valence-corrected chi connectivity index (χ4v) is 2.00. The molecule has 0 aliphatic carbocycles. The summed E-state index contributed by atoms with van der Waals surface area (Å²) in [6, 6.07) is 0.561. The maximum atomic E-state index is 13.4. The minimum Gasteiger partial charge on any atom is -0.421 e. The van der Waals surface area contributed by atoms with E-state index in [0.717, 1.165) is 23.5 Å². The van der Waals surface area contributed by atoms with Gasteiger partial charge in [0.2, 0.25) is 0 Å². The van der Waals surface area contributed by atoms with Crippen LogP contribution in [0.5, 0.6) is 11.5 Å². The lowest BCUT2D eigenvalue weighted by molar-refractivity contribution is -0.391. The Balaban J connectivity index is 2.32. The lowest BCUT2D eigenvalue weighted by Gasteiger charge is -2.37. The number of hydrogen-bond acceptors (Lipinski definition) is 3. The standard InChI is InChI=1S/C14H11F9N2O3/c1-10(11(2,15)16,12(17,18)19)25-9(26)24-6-4-3-5-7-8(6)28-14(22,23)13(20,21)27-7/h3-5H,1-2H3,(H2,24,25,26). The molecule has 0 spiro atoms. The van der Waals surface area contributed by atoms with E-state index in [-0.39, 0.29) is 13.8 Å². The molecule has 0 saturated carbocycles. The van der Waals surface area contributed by atoms with Crippen LogP contribution in [0.15, 0.2) is 18.2 Å². The Morgan fingerprint density at radius 3 is 2.00 bits per heavy atom. The number of anilines is 1. The highest BCUT2D eigenvalue weighted by atomic mass is 19.4. The second-order valence-electron chi connectivity index (χ2n) is 5.96. The first-order valence-electron chi connectivity index (χ1n) is 7.22. The molecule has 1 heterocycles. The van der Waals surface area contributed by atoms with Gasteiger partial charge in [-0.3, -0.25) is 0 Å². The highest BCUT2D eigenvalue weighted by Gasteiger charge is 2.67. The summed E-state index contributed by atoms with van der Waals surface area (Å²) < 4.78 is 126. The van der Waals surface area contributed by atoms with Gasteiger partial charge in [-0.1, -0.05) is 6.07 Å². The molecule has 28 heavy (non-hydrogen) atoms. The lowest BCUT2D eigenvalue weighted by Crippen LogP contribution is -2.66. The van der Waals surface area contributed by atoms with Gasteiger partial charge < -0.3 is 20.1 Å². The van der Waals surface area contributed by atoms with E-state index in [0.29, 0.717) is 0 Å². The van der Waals surface area contributed by atoms with Crippen LogP contribution in [0.4, 0.5) is 50.0 Å². The minimum absolute atomic E-state index is 0.00134. The summed E-state index contributed by atoms with van der Waals surface area (Å²) in [6.45, 7) is -0.0912. The smallest absolute Gasteiger partial charge is 0.421 e. The van der Waals surface area contributed by atoms with Gasteiger partial charge in [0.25, 0.3) is 5.92 Å². The molecule has 1 aromatic rings. The zero-order valence-corrected chi connectivity index (χ0v) is 13.9. The van der Waals surface area contributed by atoms with E-state index < -0.39 is 53.1 Å². The molecule has 1 aromatic carbocycles. The number of para-hydroxylation sites is 1. The number of carbonyl (C=O) groups excluding carboxylic acids is 1. The molecule has 0 radical (unpaired) electrons. The second-order valence-corrected chi connectivity index (χ2v) is 5.96. The number of benzene rings is 1. The maximum absolute atomic E-state index is 13.4. The van der Waals surface area contributed by atoms with E-state index in [9.17, 15) is 44.3 Å². The van der Waals surface area contributed by atoms with Crippen molar-refractivity contribution in [1.29, 1.82) is 0 Å². The fourth-order valence-electron chi connectivity index (χ4n) is 2.00. The Kier molecular flexibility index (Phi) is 4.85. The van der Waals surface area contributed by atoms with Gasteiger partial charge in [-0.2, -0.15) is 30.7 Å². The van der Waals surface area contributed by atoms with Crippen LogP contribution in [-0.4, -0.2) is 35.9 Å². The van der Waals surface area contributed by atoms with Crippen LogP contribution in [0.2, 0.25) is 0 Å². The second kappa shape index (κ2) is 6.24. The van der Waals surface area contributed by atoms with Crippen molar-refractivity contribution >= 4 is 11.7 Å². The summed E-state index contributed by atoms with van der Waals surface area (Å²) in [5.74, 6) is -6.58. The van der Waals surface area contributed by atoms with Crippen LogP contribution in [0, 0.1) is 0 Å². The van der Waals surface area contributed by atoms with E-state index >= 15 is 0 Å². The van der Waals surface area contributed by atoms with Crippen LogP contribution in [-0.2, 0) is 0 Å². The van der Waals surface area contributed by atoms with Crippen molar-refractivity contribution in [3.05, 3.63) is 18.2 Å². The van der Waals surface area contributed by atoms with Gasteiger partial charge in [-0.15, -0.1) is 0 Å². The number of carbonyl (C=O) groups is 1. The summed E-state index contributed by atoms with van der Waals surface area (Å²) in [5.41, 5.74) is -4.86. The zero-order valence-electron chi connectivity index (χ0n) is 13.9. The third-order valence-electron chi connectivity index (χ3n) is 3.84. The third-order valence-corrected chi connectivity index (χ3v) is 3.84. The van der Waals surface area contributed by atoms with Gasteiger partial charge in [-0.25, -0.2) is 13.6 Å². The minimum atomic E-state index is -5.60. The molecule has 1 aliphatic heterocycles. The molecular weight excluding hydrogens is 415 g/mol. The molecule has 0 bridgehead atoms. The van der Waals surface area contributed by atoms with Gasteiger partial charge in [0.05, 0.1) is 5.69 Å². The zero-order chi connectivity index (χ0) is 21.8. The first-order chi connectivity index (χ1) is 12.4. The lowest BCUT2D eigenvalue weighted by atomic mass is 9.94. The number of amides is 2. The Labute approximate surface area is 150 Å². The molecule has 158 valence electrons. The van der Waals surface area contributed by atoms with E-state index in [4.69, 9.17) is 0 Å². The molecule has 1 atom stereocenters. The predicted molar refractivity (Wildman–Crippen MR) is 74.8 cm³/mol. The van der Waals surface area contributed by atoms with Crippen LogP contribution >= 0.6 is 0 Å². The van der Waals surface area contributed by atoms with Gasteiger partial charge in [0, 0.05) is 6.92 Å². The number of ether oxygens (including phenoxy) is 2. The molecule has 5 nitrogen and oxygen atoms in total. The molecule has 0 saturated heterocycles. The van der Waals surface area contributed by atoms with E-state index in [1.807, 2.05) is 0 Å². The predicted octanol–water partition coefficient (Wildman–Crippen LogP) is 4.74. The molecule has 14 heteroatoms. The molecule has 2 rings (SSSR count). The molecule has 2 amide bonds. The van der Waals surface area contributed by atoms with Crippen molar-refractivity contribution in [1.82, 2.24) is 5.32 Å². The number of alkyl halides is 9. The van der Waals surface area contributed by atoms with Crippen molar-refractivity contribution in [3.63, 3.8) is 0 Å². The number of fused-ring (bicyclic) bond motifs is 1. The normalized spacial score (nSPS) is 20.1. The van der Waals surface area contributed by atoms with Crippen LogP contribution in [0.3, 0.4) is 0 Å². The summed E-state index contributed by atoms with van der Waals surface area (Å²) in [6.07, 6.45) is -15.8. The quantitative estimate of drug-likeness (QED) is 0.687. The summed E-state index contributed by atoms with van der Waals surface area (Å²) in [5, 5.41) is 2.58. The number of halogens is 9. The average molecular weight is 426 g/mol. The van der Waals surface area contributed by atoms with Gasteiger partial charge >= 0.3 is 24.4 Å². The molecule has 1 unspecified atom stereocenters. The molecule has 1 aliphatic rings. The van der Waals surface area contributed by atoms with E-state index in [2.05, 4.69) is 9.47 Å². The first kappa shape index (κ1) is 21.8. The van der Waals surface area contributed by atoms with Gasteiger partial charge in [0.15, 0.2) is 17.0 Å². The van der Waals surface area contributed by atoms with Crippen molar-refractivity contribution in [3.8, 4) is 11.5 Å². The van der Waals surface area contributed by atoms with Crippen LogP contribution < -0.4 is 20.1 Å². The monoisotopic (exact) mass is 426 g/mol. The molecule has 0 fully saturated rings. The average Bonchev–Trinajstić information content (AvgIpc) is 2.46. The van der Waals surface area contributed by atoms with Crippen molar-refractivity contribution < 1.29 is 53.8 Å². The highest BCUT2D eigenvalue weighted by Crippen LogP contribution is 2.50. The van der Waals surface area contributed by atoms with Crippen molar-refractivity contribution in [2.75, 3.05) is 5.32 Å². The molecule has 0 aromatic heterocycles.